The Morgan fingerprint density at radius 2 is 2.00 bits per heavy atom. The first-order chi connectivity index (χ1) is 9.29. The summed E-state index contributed by atoms with van der Waals surface area (Å²) in [6, 6.07) is 3.13. The van der Waals surface area contributed by atoms with Gasteiger partial charge in [-0.15, -0.1) is 0 Å². The highest BCUT2D eigenvalue weighted by Gasteiger charge is 2.18. The molecule has 0 aliphatic rings. The molecule has 0 aliphatic heterocycles. The summed E-state index contributed by atoms with van der Waals surface area (Å²) in [6.45, 7) is 6.36. The third kappa shape index (κ3) is 5.35. The summed E-state index contributed by atoms with van der Waals surface area (Å²) in [5.74, 6) is 0.602. The van der Waals surface area contributed by atoms with Gasteiger partial charge < -0.3 is 15.5 Å². The third-order valence-electron chi connectivity index (χ3n) is 2.75. The number of nitrogens with two attached hydrogens (primary N) is 1. The number of rotatable bonds is 6. The quantitative estimate of drug-likeness (QED) is 0.816. The van der Waals surface area contributed by atoms with Crippen LogP contribution in [0.1, 0.15) is 24.2 Å². The number of aromatic nitrogens is 1. The lowest BCUT2D eigenvalue weighted by molar-refractivity contribution is 0.0724. The van der Waals surface area contributed by atoms with E-state index in [9.17, 15) is 4.79 Å². The van der Waals surface area contributed by atoms with E-state index in [0.29, 0.717) is 24.6 Å². The zero-order valence-electron chi connectivity index (χ0n) is 12.6. The number of pyridine rings is 1. The molecular formula is C14H23ClN4O. The zero-order valence-corrected chi connectivity index (χ0v) is 13.3. The number of hydrogen-bond donors (Lipinski definition) is 1. The van der Waals surface area contributed by atoms with E-state index in [0.717, 1.165) is 6.54 Å². The Balaban J connectivity index is 2.90. The molecule has 0 saturated carbocycles. The van der Waals surface area contributed by atoms with Crippen LogP contribution in [0.4, 0.5) is 5.82 Å². The highest BCUT2D eigenvalue weighted by atomic mass is 35.5. The third-order valence-corrected chi connectivity index (χ3v) is 2.94. The van der Waals surface area contributed by atoms with Gasteiger partial charge in [0.15, 0.2) is 0 Å². The highest BCUT2D eigenvalue weighted by Crippen LogP contribution is 2.15. The number of likely N-dealkylation sites (N-methyl/N-ethyl adjacent to an activating group) is 1. The molecule has 1 rings (SSSR count). The van der Waals surface area contributed by atoms with Crippen LogP contribution in [0.3, 0.4) is 0 Å². The van der Waals surface area contributed by atoms with Crippen LogP contribution in [0.15, 0.2) is 12.1 Å². The lowest BCUT2D eigenvalue weighted by Crippen LogP contribution is -2.39. The maximum atomic E-state index is 12.6. The highest BCUT2D eigenvalue weighted by molar-refractivity contribution is 6.29. The molecular weight excluding hydrogens is 276 g/mol. The maximum absolute atomic E-state index is 12.6. The topological polar surface area (TPSA) is 62.5 Å². The molecule has 0 atom stereocenters. The maximum Gasteiger partial charge on any atom is 0.254 e. The lowest BCUT2D eigenvalue weighted by Gasteiger charge is -2.26. The molecule has 0 unspecified atom stereocenters. The van der Waals surface area contributed by atoms with Gasteiger partial charge in [0, 0.05) is 25.2 Å². The summed E-state index contributed by atoms with van der Waals surface area (Å²) >= 11 is 5.86. The van der Waals surface area contributed by atoms with E-state index < -0.39 is 0 Å². The van der Waals surface area contributed by atoms with E-state index in [1.165, 1.54) is 0 Å². The van der Waals surface area contributed by atoms with Crippen molar-refractivity contribution >= 4 is 23.3 Å². The van der Waals surface area contributed by atoms with Crippen LogP contribution in [0.2, 0.25) is 5.15 Å². The minimum atomic E-state index is -0.0587. The number of nitrogens with zero attached hydrogens (tertiary/aromatic N) is 3. The van der Waals surface area contributed by atoms with Crippen molar-refractivity contribution < 1.29 is 4.79 Å². The van der Waals surface area contributed by atoms with Gasteiger partial charge in [-0.3, -0.25) is 4.79 Å². The van der Waals surface area contributed by atoms with Crippen LogP contribution in [0.25, 0.3) is 0 Å². The molecule has 0 aromatic carbocycles. The molecule has 2 N–H and O–H groups in total. The molecule has 0 aliphatic carbocycles. The van der Waals surface area contributed by atoms with E-state index in [1.54, 1.807) is 12.1 Å². The van der Waals surface area contributed by atoms with Gasteiger partial charge in [-0.2, -0.15) is 0 Å². The molecule has 1 aromatic heterocycles. The molecule has 20 heavy (non-hydrogen) atoms. The zero-order chi connectivity index (χ0) is 15.3. The van der Waals surface area contributed by atoms with E-state index in [4.69, 9.17) is 17.3 Å². The van der Waals surface area contributed by atoms with Crippen molar-refractivity contribution in [3.05, 3.63) is 22.8 Å². The molecule has 0 spiro atoms. The van der Waals surface area contributed by atoms with Gasteiger partial charge in [-0.05, 0) is 32.1 Å². The number of hydrogen-bond acceptors (Lipinski definition) is 4. The minimum Gasteiger partial charge on any atom is -0.384 e. The van der Waals surface area contributed by atoms with Gasteiger partial charge in [0.25, 0.3) is 5.91 Å². The summed E-state index contributed by atoms with van der Waals surface area (Å²) in [5.41, 5.74) is 6.13. The molecule has 1 amide bonds. The Labute approximate surface area is 125 Å². The van der Waals surface area contributed by atoms with Crippen molar-refractivity contribution in [2.75, 3.05) is 39.5 Å². The van der Waals surface area contributed by atoms with E-state index in [2.05, 4.69) is 23.7 Å². The fraction of sp³-hybridized carbons (Fsp3) is 0.571. The van der Waals surface area contributed by atoms with E-state index >= 15 is 0 Å². The molecule has 0 saturated heterocycles. The summed E-state index contributed by atoms with van der Waals surface area (Å²) in [7, 11) is 3.97. The number of anilines is 1. The average Bonchev–Trinajstić information content (AvgIpc) is 2.31. The van der Waals surface area contributed by atoms with Gasteiger partial charge in [-0.25, -0.2) is 4.98 Å². The number of carbonyl (C=O) groups excluding carboxylic acids is 1. The van der Waals surface area contributed by atoms with E-state index in [-0.39, 0.29) is 16.9 Å². The smallest absolute Gasteiger partial charge is 0.254 e. The predicted molar refractivity (Wildman–Crippen MR) is 83.0 cm³/mol. The van der Waals surface area contributed by atoms with Crippen molar-refractivity contribution in [3.63, 3.8) is 0 Å². The Bertz CT molecular complexity index is 442. The normalized spacial score (nSPS) is 11.2. The van der Waals surface area contributed by atoms with Crippen molar-refractivity contribution in [3.8, 4) is 0 Å². The van der Waals surface area contributed by atoms with Crippen molar-refractivity contribution in [2.45, 2.75) is 13.8 Å². The van der Waals surface area contributed by atoms with Crippen LogP contribution >= 0.6 is 11.6 Å². The van der Waals surface area contributed by atoms with Crippen LogP contribution in [-0.4, -0.2) is 54.4 Å². The second-order valence-electron chi connectivity index (χ2n) is 5.55. The number of halogens is 1. The summed E-state index contributed by atoms with van der Waals surface area (Å²) in [4.78, 5) is 20.3. The largest absolute Gasteiger partial charge is 0.384 e. The Kier molecular flexibility index (Phi) is 6.23. The molecule has 1 heterocycles. The standard InChI is InChI=1S/C14H23ClN4O/c1-10(2)9-19(6-5-18(3)4)14(20)11-7-12(15)17-13(16)8-11/h7-8,10H,5-6,9H2,1-4H3,(H2,16,17). The number of carbonyl (C=O) groups is 1. The first-order valence-electron chi connectivity index (χ1n) is 6.66. The second kappa shape index (κ2) is 7.45. The second-order valence-corrected chi connectivity index (χ2v) is 5.94. The Hall–Kier alpha value is -1.33. The SMILES string of the molecule is CC(C)CN(CCN(C)C)C(=O)c1cc(N)nc(Cl)c1. The van der Waals surface area contributed by atoms with Crippen molar-refractivity contribution in [1.82, 2.24) is 14.8 Å². The van der Waals surface area contributed by atoms with E-state index in [1.807, 2.05) is 19.0 Å². The van der Waals surface area contributed by atoms with Gasteiger partial charge in [0.1, 0.15) is 11.0 Å². The van der Waals surface area contributed by atoms with Gasteiger partial charge in [0.2, 0.25) is 0 Å². The number of nitrogen functional groups attached to an aromatic ring is 1. The van der Waals surface area contributed by atoms with Crippen LogP contribution in [0.5, 0.6) is 0 Å². The first kappa shape index (κ1) is 16.7. The van der Waals surface area contributed by atoms with Crippen molar-refractivity contribution in [2.24, 2.45) is 5.92 Å². The monoisotopic (exact) mass is 298 g/mol. The van der Waals surface area contributed by atoms with Crippen molar-refractivity contribution in [1.29, 1.82) is 0 Å². The average molecular weight is 299 g/mol. The lowest BCUT2D eigenvalue weighted by atomic mass is 10.1. The summed E-state index contributed by atoms with van der Waals surface area (Å²) in [6.07, 6.45) is 0. The molecule has 112 valence electrons. The fourth-order valence-electron chi connectivity index (χ4n) is 1.86. The summed E-state index contributed by atoms with van der Waals surface area (Å²) in [5, 5.41) is 0.241. The van der Waals surface area contributed by atoms with Gasteiger partial charge in [-0.1, -0.05) is 25.4 Å². The molecule has 0 fully saturated rings. The Morgan fingerprint density at radius 3 is 2.50 bits per heavy atom. The molecule has 0 bridgehead atoms. The van der Waals surface area contributed by atoms with Gasteiger partial charge in [0.05, 0.1) is 0 Å². The first-order valence-corrected chi connectivity index (χ1v) is 7.04. The van der Waals surface area contributed by atoms with Crippen LogP contribution in [0, 0.1) is 5.92 Å². The van der Waals surface area contributed by atoms with Crippen LogP contribution < -0.4 is 5.73 Å². The molecule has 6 heteroatoms. The van der Waals surface area contributed by atoms with Crippen LogP contribution in [-0.2, 0) is 0 Å². The molecule has 5 nitrogen and oxygen atoms in total. The Morgan fingerprint density at radius 1 is 1.35 bits per heavy atom. The molecule has 0 radical (unpaired) electrons. The number of amides is 1. The fourth-order valence-corrected chi connectivity index (χ4v) is 2.08. The van der Waals surface area contributed by atoms with Gasteiger partial charge >= 0.3 is 0 Å². The summed E-state index contributed by atoms with van der Waals surface area (Å²) < 4.78 is 0. The minimum absolute atomic E-state index is 0.0587. The molecule has 1 aromatic rings. The predicted octanol–water partition coefficient (Wildman–Crippen LogP) is 1.98.